The number of epoxide rings is 1. The first-order valence-electron chi connectivity index (χ1n) is 12.0. The Morgan fingerprint density at radius 3 is 2.38 bits per heavy atom. The number of esters is 2. The van der Waals surface area contributed by atoms with Crippen LogP contribution < -0.4 is 0 Å². The molecule has 0 N–H and O–H groups in total. The fraction of sp³-hybridized carbons (Fsp3) is 0.800. The topological polar surface area (TPSA) is 91.4 Å². The van der Waals surface area contributed by atoms with E-state index >= 15 is 0 Å². The molecule has 3 aliphatic rings. The molecular formula is C25H40O7. The lowest BCUT2D eigenvalue weighted by Gasteiger charge is -2.36. The van der Waals surface area contributed by atoms with Crippen molar-refractivity contribution < 1.29 is 33.3 Å². The summed E-state index contributed by atoms with van der Waals surface area (Å²) < 4.78 is 23.0. The zero-order valence-electron chi connectivity index (χ0n) is 20.6. The Bertz CT molecular complexity index is 705. The largest absolute Gasteiger partial charge is 0.497 e. The molecule has 0 aromatic heterocycles. The molecule has 0 bridgehead atoms. The third-order valence-corrected chi connectivity index (χ3v) is 6.37. The second-order valence-corrected chi connectivity index (χ2v) is 9.50. The Labute approximate surface area is 192 Å². The fourth-order valence-electron chi connectivity index (χ4n) is 4.73. The first-order valence-corrected chi connectivity index (χ1v) is 12.0. The minimum Gasteiger partial charge on any atom is -0.497 e. The molecule has 0 aromatic carbocycles. The van der Waals surface area contributed by atoms with Crippen molar-refractivity contribution in [3.8, 4) is 0 Å². The van der Waals surface area contributed by atoms with Crippen molar-refractivity contribution in [2.24, 2.45) is 23.7 Å². The van der Waals surface area contributed by atoms with Crippen LogP contribution in [0.1, 0.15) is 74.1 Å². The Hall–Kier alpha value is -1.89. The third kappa shape index (κ3) is 6.12. The van der Waals surface area contributed by atoms with Crippen LogP contribution in [0, 0.1) is 23.7 Å². The molecule has 1 aliphatic carbocycles. The van der Waals surface area contributed by atoms with Crippen LogP contribution in [-0.4, -0.2) is 48.7 Å². The SMILES string of the molecule is CC.CC(=O)OCC1=COC(CCC(=O)C(C)C)C2C1CC(OC(=O)CC(C)C)C21CO1. The molecule has 1 spiro atoms. The maximum Gasteiger partial charge on any atom is 0.306 e. The van der Waals surface area contributed by atoms with Gasteiger partial charge in [-0.15, -0.1) is 0 Å². The van der Waals surface area contributed by atoms with Gasteiger partial charge in [0.15, 0.2) is 0 Å². The van der Waals surface area contributed by atoms with E-state index in [2.05, 4.69) is 0 Å². The molecule has 0 radical (unpaired) electrons. The molecular weight excluding hydrogens is 412 g/mol. The average molecular weight is 453 g/mol. The Balaban J connectivity index is 0.00000176. The second kappa shape index (κ2) is 11.3. The summed E-state index contributed by atoms with van der Waals surface area (Å²) in [6.45, 7) is 13.8. The van der Waals surface area contributed by atoms with E-state index in [4.69, 9.17) is 18.9 Å². The van der Waals surface area contributed by atoms with Gasteiger partial charge in [0.1, 0.15) is 30.2 Å². The van der Waals surface area contributed by atoms with Crippen LogP contribution in [0.4, 0.5) is 0 Å². The van der Waals surface area contributed by atoms with Gasteiger partial charge in [-0.2, -0.15) is 0 Å². The molecule has 0 amide bonds. The average Bonchev–Trinajstić information content (AvgIpc) is 3.46. The summed E-state index contributed by atoms with van der Waals surface area (Å²) in [7, 11) is 0. The summed E-state index contributed by atoms with van der Waals surface area (Å²) in [4.78, 5) is 35.9. The van der Waals surface area contributed by atoms with Crippen LogP contribution in [0.5, 0.6) is 0 Å². The third-order valence-electron chi connectivity index (χ3n) is 6.37. The molecule has 2 heterocycles. The highest BCUT2D eigenvalue weighted by Gasteiger charge is 2.69. The van der Waals surface area contributed by atoms with Crippen LogP contribution in [0.15, 0.2) is 11.8 Å². The number of carbonyl (C=O) groups excluding carboxylic acids is 3. The fourth-order valence-corrected chi connectivity index (χ4v) is 4.73. The summed E-state index contributed by atoms with van der Waals surface area (Å²) in [6.07, 6.45) is 3.11. The lowest BCUT2D eigenvalue weighted by molar-refractivity contribution is -0.153. The number of hydrogen-bond donors (Lipinski definition) is 0. The maximum absolute atomic E-state index is 12.4. The standard InChI is InChI=1S/C23H34O7.C2H6/c1-13(2)8-21(26)30-20-9-17-16(10-27-15(5)24)11-28-19(7-6-18(25)14(3)4)22(17)23(20)12-29-23;1-2/h11,13-14,17,19-20,22H,6-10,12H2,1-5H3;1-2H3. The van der Waals surface area contributed by atoms with Crippen LogP contribution in [0.3, 0.4) is 0 Å². The van der Waals surface area contributed by atoms with Gasteiger partial charge >= 0.3 is 11.9 Å². The van der Waals surface area contributed by atoms with Crippen molar-refractivity contribution in [1.82, 2.24) is 0 Å². The summed E-state index contributed by atoms with van der Waals surface area (Å²) in [5.41, 5.74) is 0.303. The van der Waals surface area contributed by atoms with Gasteiger partial charge in [-0.1, -0.05) is 41.5 Å². The highest BCUT2D eigenvalue weighted by Crippen LogP contribution is 2.58. The van der Waals surface area contributed by atoms with Crippen LogP contribution >= 0.6 is 0 Å². The van der Waals surface area contributed by atoms with Crippen LogP contribution in [-0.2, 0) is 33.3 Å². The number of hydrogen-bond acceptors (Lipinski definition) is 7. The van der Waals surface area contributed by atoms with Crippen LogP contribution in [0.25, 0.3) is 0 Å². The minimum absolute atomic E-state index is 0.0149. The molecule has 2 fully saturated rings. The Kier molecular flexibility index (Phi) is 9.31. The zero-order chi connectivity index (χ0) is 24.1. The monoisotopic (exact) mass is 452 g/mol. The first-order chi connectivity index (χ1) is 15.1. The molecule has 2 aliphatic heterocycles. The van der Waals surface area contributed by atoms with Gasteiger partial charge in [-0.3, -0.25) is 14.4 Å². The van der Waals surface area contributed by atoms with Gasteiger partial charge in [0.25, 0.3) is 0 Å². The zero-order valence-corrected chi connectivity index (χ0v) is 20.6. The van der Waals surface area contributed by atoms with Gasteiger partial charge in [0, 0.05) is 37.2 Å². The Morgan fingerprint density at radius 1 is 1.19 bits per heavy atom. The van der Waals surface area contributed by atoms with Crippen molar-refractivity contribution in [1.29, 1.82) is 0 Å². The van der Waals surface area contributed by atoms with Crippen LogP contribution in [0.2, 0.25) is 0 Å². The van der Waals surface area contributed by atoms with Gasteiger partial charge in [-0.05, 0) is 24.7 Å². The first kappa shape index (κ1) is 26.4. The second-order valence-electron chi connectivity index (χ2n) is 9.50. The van der Waals surface area contributed by atoms with Gasteiger partial charge in [-0.25, -0.2) is 0 Å². The molecule has 1 saturated carbocycles. The number of ether oxygens (including phenoxy) is 4. The molecule has 7 heteroatoms. The Morgan fingerprint density at radius 2 is 1.84 bits per heavy atom. The van der Waals surface area contributed by atoms with E-state index in [9.17, 15) is 14.4 Å². The highest BCUT2D eigenvalue weighted by molar-refractivity contribution is 5.80. The number of carbonyl (C=O) groups is 3. The molecule has 182 valence electrons. The molecule has 0 aromatic rings. The molecule has 5 atom stereocenters. The molecule has 7 nitrogen and oxygen atoms in total. The van der Waals surface area contributed by atoms with E-state index < -0.39 is 5.60 Å². The summed E-state index contributed by atoms with van der Waals surface area (Å²) in [6, 6.07) is 0. The number of Topliss-reactive ketones (excluding diaryl/α,β-unsaturated/α-hetero) is 1. The van der Waals surface area contributed by atoms with E-state index in [1.54, 1.807) is 6.26 Å². The normalized spacial score (nSPS) is 30.1. The molecule has 1 saturated heterocycles. The number of fused-ring (bicyclic) bond motifs is 2. The van der Waals surface area contributed by atoms with Gasteiger partial charge in [0.2, 0.25) is 0 Å². The van der Waals surface area contributed by atoms with Gasteiger partial charge in [0.05, 0.1) is 12.9 Å². The predicted molar refractivity (Wildman–Crippen MR) is 120 cm³/mol. The quantitative estimate of drug-likeness (QED) is 0.382. The smallest absolute Gasteiger partial charge is 0.306 e. The summed E-state index contributed by atoms with van der Waals surface area (Å²) in [5.74, 6) is -0.183. The minimum atomic E-state index is -0.571. The number of rotatable bonds is 9. The predicted octanol–water partition coefficient (Wildman–Crippen LogP) is 4.23. The van der Waals surface area contributed by atoms with Crippen molar-refractivity contribution in [2.45, 2.75) is 92.0 Å². The number of ketones is 1. The molecule has 32 heavy (non-hydrogen) atoms. The molecule has 5 unspecified atom stereocenters. The van der Waals surface area contributed by atoms with E-state index in [0.717, 1.165) is 5.57 Å². The van der Waals surface area contributed by atoms with E-state index in [1.807, 2.05) is 41.5 Å². The molecule has 3 rings (SSSR count). The van der Waals surface area contributed by atoms with E-state index in [1.165, 1.54) is 6.92 Å². The maximum atomic E-state index is 12.4. The van der Waals surface area contributed by atoms with Crippen molar-refractivity contribution >= 4 is 17.7 Å². The van der Waals surface area contributed by atoms with Crippen molar-refractivity contribution in [3.05, 3.63) is 11.8 Å². The summed E-state index contributed by atoms with van der Waals surface area (Å²) in [5, 5.41) is 0. The lowest BCUT2D eigenvalue weighted by Crippen LogP contribution is -2.43. The van der Waals surface area contributed by atoms with Gasteiger partial charge < -0.3 is 18.9 Å². The lowest BCUT2D eigenvalue weighted by atomic mass is 9.77. The van der Waals surface area contributed by atoms with E-state index in [0.29, 0.717) is 32.3 Å². The summed E-state index contributed by atoms with van der Waals surface area (Å²) >= 11 is 0. The van der Waals surface area contributed by atoms with Crippen molar-refractivity contribution in [2.75, 3.05) is 13.2 Å². The van der Waals surface area contributed by atoms with E-state index in [-0.39, 0.29) is 60.2 Å². The highest BCUT2D eigenvalue weighted by atomic mass is 16.6. The van der Waals surface area contributed by atoms with Crippen molar-refractivity contribution in [3.63, 3.8) is 0 Å².